The van der Waals surface area contributed by atoms with Crippen molar-refractivity contribution in [1.29, 1.82) is 0 Å². The predicted octanol–water partition coefficient (Wildman–Crippen LogP) is 4.16. The number of rotatable bonds is 2. The van der Waals surface area contributed by atoms with Crippen LogP contribution in [0.5, 0.6) is 0 Å². The third-order valence-corrected chi connectivity index (χ3v) is 3.02. The molecule has 2 aromatic rings. The van der Waals surface area contributed by atoms with Gasteiger partial charge in [-0.25, -0.2) is 0 Å². The molecule has 0 saturated carbocycles. The summed E-state index contributed by atoms with van der Waals surface area (Å²) < 4.78 is 0. The van der Waals surface area contributed by atoms with Crippen molar-refractivity contribution in [1.82, 2.24) is 4.98 Å². The van der Waals surface area contributed by atoms with E-state index in [-0.39, 0.29) is 0 Å². The summed E-state index contributed by atoms with van der Waals surface area (Å²) in [5.41, 5.74) is 3.40. The Balaban J connectivity index is 2.49. The van der Waals surface area contributed by atoms with Crippen LogP contribution in [0.15, 0.2) is 47.5 Å². The number of hydrogen-bond donors (Lipinski definition) is 1. The van der Waals surface area contributed by atoms with E-state index in [1.807, 2.05) is 24.4 Å². The van der Waals surface area contributed by atoms with E-state index in [1.54, 1.807) is 0 Å². The minimum atomic E-state index is 0.522. The lowest BCUT2D eigenvalue weighted by Crippen LogP contribution is -1.91. The Bertz CT molecular complexity index is 492. The standard InChI is InChI=1S/C14H15NS/c1-10(2)11-7-8-15-13(9-11)12-5-3-4-6-14(12)16/h3-10,16H,1-2H3. The molecule has 0 aliphatic carbocycles. The molecule has 1 aromatic heterocycles. The molecule has 0 aliphatic heterocycles. The second kappa shape index (κ2) is 4.71. The SMILES string of the molecule is CC(C)c1ccnc(-c2ccccc2S)c1. The average molecular weight is 229 g/mol. The molecule has 2 rings (SSSR count). The maximum atomic E-state index is 4.46. The van der Waals surface area contributed by atoms with Gasteiger partial charge in [0, 0.05) is 16.7 Å². The topological polar surface area (TPSA) is 12.9 Å². The average Bonchev–Trinajstić information content (AvgIpc) is 2.30. The molecule has 0 aliphatic rings. The summed E-state index contributed by atoms with van der Waals surface area (Å²) in [5.74, 6) is 0.522. The van der Waals surface area contributed by atoms with Gasteiger partial charge >= 0.3 is 0 Å². The van der Waals surface area contributed by atoms with Gasteiger partial charge in [0.25, 0.3) is 0 Å². The van der Waals surface area contributed by atoms with Crippen LogP contribution in [0.4, 0.5) is 0 Å². The monoisotopic (exact) mass is 229 g/mol. The van der Waals surface area contributed by atoms with Crippen molar-refractivity contribution in [3.63, 3.8) is 0 Å². The van der Waals surface area contributed by atoms with Crippen molar-refractivity contribution in [2.24, 2.45) is 0 Å². The number of aromatic nitrogens is 1. The maximum Gasteiger partial charge on any atom is 0.0715 e. The fourth-order valence-corrected chi connectivity index (χ4v) is 1.92. The first-order valence-corrected chi connectivity index (χ1v) is 5.87. The van der Waals surface area contributed by atoms with Crippen molar-refractivity contribution in [2.75, 3.05) is 0 Å². The lowest BCUT2D eigenvalue weighted by atomic mass is 10.0. The van der Waals surface area contributed by atoms with Gasteiger partial charge in [-0.2, -0.15) is 0 Å². The molecule has 1 aromatic carbocycles. The second-order valence-corrected chi connectivity index (χ2v) is 4.63. The molecule has 0 unspecified atom stereocenters. The predicted molar refractivity (Wildman–Crippen MR) is 71.0 cm³/mol. The molecule has 82 valence electrons. The van der Waals surface area contributed by atoms with Crippen LogP contribution in [-0.2, 0) is 0 Å². The first kappa shape index (κ1) is 11.2. The van der Waals surface area contributed by atoms with E-state index in [9.17, 15) is 0 Å². The Morgan fingerprint density at radius 1 is 1.12 bits per heavy atom. The number of pyridine rings is 1. The molecule has 1 nitrogen and oxygen atoms in total. The Hall–Kier alpha value is -1.28. The molecule has 0 bridgehead atoms. The van der Waals surface area contributed by atoms with Crippen molar-refractivity contribution in [2.45, 2.75) is 24.7 Å². The van der Waals surface area contributed by atoms with E-state index in [2.05, 4.69) is 49.7 Å². The van der Waals surface area contributed by atoms with Crippen LogP contribution in [-0.4, -0.2) is 4.98 Å². The van der Waals surface area contributed by atoms with Crippen LogP contribution in [0, 0.1) is 0 Å². The van der Waals surface area contributed by atoms with Crippen LogP contribution in [0.1, 0.15) is 25.3 Å². The Morgan fingerprint density at radius 3 is 2.56 bits per heavy atom. The number of thiol groups is 1. The normalized spacial score (nSPS) is 10.8. The summed E-state index contributed by atoms with van der Waals surface area (Å²) in [6.07, 6.45) is 1.87. The Kier molecular flexibility index (Phi) is 3.30. The molecule has 0 N–H and O–H groups in total. The number of benzene rings is 1. The van der Waals surface area contributed by atoms with E-state index in [4.69, 9.17) is 0 Å². The molecular formula is C14H15NS. The van der Waals surface area contributed by atoms with Gasteiger partial charge in [0.15, 0.2) is 0 Å². The molecule has 0 radical (unpaired) electrons. The van der Waals surface area contributed by atoms with Gasteiger partial charge in [0.05, 0.1) is 5.69 Å². The molecule has 0 fully saturated rings. The van der Waals surface area contributed by atoms with Crippen LogP contribution in [0.25, 0.3) is 11.3 Å². The Morgan fingerprint density at radius 2 is 1.88 bits per heavy atom. The smallest absolute Gasteiger partial charge is 0.0715 e. The zero-order valence-electron chi connectivity index (χ0n) is 9.51. The second-order valence-electron chi connectivity index (χ2n) is 4.15. The zero-order valence-corrected chi connectivity index (χ0v) is 10.4. The highest BCUT2D eigenvalue weighted by Gasteiger charge is 2.05. The first-order valence-electron chi connectivity index (χ1n) is 5.43. The third-order valence-electron chi connectivity index (χ3n) is 2.63. The molecule has 16 heavy (non-hydrogen) atoms. The van der Waals surface area contributed by atoms with E-state index < -0.39 is 0 Å². The molecule has 0 saturated heterocycles. The molecule has 1 heterocycles. The summed E-state index contributed by atoms with van der Waals surface area (Å²) in [6, 6.07) is 12.2. The lowest BCUT2D eigenvalue weighted by molar-refractivity contribution is 0.863. The summed E-state index contributed by atoms with van der Waals surface area (Å²) in [4.78, 5) is 5.37. The van der Waals surface area contributed by atoms with Crippen LogP contribution >= 0.6 is 12.6 Å². The van der Waals surface area contributed by atoms with Crippen molar-refractivity contribution >= 4 is 12.6 Å². The molecule has 0 atom stereocenters. The van der Waals surface area contributed by atoms with Crippen molar-refractivity contribution in [3.8, 4) is 11.3 Å². The molecule has 0 amide bonds. The highest BCUT2D eigenvalue weighted by atomic mass is 32.1. The molecular weight excluding hydrogens is 214 g/mol. The van der Waals surface area contributed by atoms with Crippen LogP contribution in [0.3, 0.4) is 0 Å². The first-order chi connectivity index (χ1) is 7.68. The van der Waals surface area contributed by atoms with E-state index >= 15 is 0 Å². The summed E-state index contributed by atoms with van der Waals surface area (Å²) in [7, 11) is 0. The summed E-state index contributed by atoms with van der Waals surface area (Å²) in [5, 5.41) is 0. The summed E-state index contributed by atoms with van der Waals surface area (Å²) >= 11 is 4.46. The van der Waals surface area contributed by atoms with Gasteiger partial charge in [-0.15, -0.1) is 12.6 Å². The quantitative estimate of drug-likeness (QED) is 0.763. The van der Waals surface area contributed by atoms with E-state index in [0.717, 1.165) is 16.2 Å². The summed E-state index contributed by atoms with van der Waals surface area (Å²) in [6.45, 7) is 4.37. The van der Waals surface area contributed by atoms with Gasteiger partial charge in [-0.3, -0.25) is 4.98 Å². The number of nitrogens with zero attached hydrogens (tertiary/aromatic N) is 1. The van der Waals surface area contributed by atoms with Crippen molar-refractivity contribution in [3.05, 3.63) is 48.2 Å². The van der Waals surface area contributed by atoms with Gasteiger partial charge in [0.1, 0.15) is 0 Å². The van der Waals surface area contributed by atoms with Crippen LogP contribution in [0.2, 0.25) is 0 Å². The van der Waals surface area contributed by atoms with E-state index in [0.29, 0.717) is 5.92 Å². The lowest BCUT2D eigenvalue weighted by Gasteiger charge is -2.08. The maximum absolute atomic E-state index is 4.46. The zero-order chi connectivity index (χ0) is 11.5. The minimum absolute atomic E-state index is 0.522. The van der Waals surface area contributed by atoms with Crippen molar-refractivity contribution < 1.29 is 0 Å². The van der Waals surface area contributed by atoms with Gasteiger partial charge < -0.3 is 0 Å². The van der Waals surface area contributed by atoms with Gasteiger partial charge in [-0.05, 0) is 29.7 Å². The van der Waals surface area contributed by atoms with Crippen LogP contribution < -0.4 is 0 Å². The molecule has 0 spiro atoms. The van der Waals surface area contributed by atoms with Gasteiger partial charge in [-0.1, -0.05) is 32.0 Å². The highest BCUT2D eigenvalue weighted by Crippen LogP contribution is 2.26. The largest absolute Gasteiger partial charge is 0.256 e. The van der Waals surface area contributed by atoms with Gasteiger partial charge in [0.2, 0.25) is 0 Å². The van der Waals surface area contributed by atoms with E-state index in [1.165, 1.54) is 5.56 Å². The fourth-order valence-electron chi connectivity index (χ4n) is 1.64. The number of hydrogen-bond acceptors (Lipinski definition) is 2. The fraction of sp³-hybridized carbons (Fsp3) is 0.214. The minimum Gasteiger partial charge on any atom is -0.256 e. The highest BCUT2D eigenvalue weighted by molar-refractivity contribution is 7.80. The third kappa shape index (κ3) is 2.27. The Labute approximate surface area is 102 Å². The molecule has 2 heteroatoms.